The molecule has 0 aliphatic heterocycles. The molecule has 0 saturated heterocycles. The molecule has 1 atom stereocenters. The SMILES string of the molecule is CCOC(CCC1(C(=O)OC(C)(C)C)CCCCC1=O)OCC. The molecule has 0 bridgehead atoms. The number of hydrogen-bond acceptors (Lipinski definition) is 5. The zero-order chi connectivity index (χ0) is 17.5. The van der Waals surface area contributed by atoms with Crippen molar-refractivity contribution in [2.45, 2.75) is 85.0 Å². The van der Waals surface area contributed by atoms with Gasteiger partial charge in [-0.05, 0) is 60.3 Å². The van der Waals surface area contributed by atoms with Gasteiger partial charge in [0.15, 0.2) is 6.29 Å². The van der Waals surface area contributed by atoms with Gasteiger partial charge in [-0.3, -0.25) is 9.59 Å². The largest absolute Gasteiger partial charge is 0.459 e. The Morgan fingerprint density at radius 2 is 1.78 bits per heavy atom. The second-order valence-electron chi connectivity index (χ2n) is 7.09. The number of esters is 1. The molecule has 1 rings (SSSR count). The Kier molecular flexibility index (Phi) is 7.68. The minimum absolute atomic E-state index is 0.00440. The van der Waals surface area contributed by atoms with E-state index in [2.05, 4.69) is 0 Å². The molecule has 5 heteroatoms. The zero-order valence-corrected chi connectivity index (χ0v) is 15.3. The van der Waals surface area contributed by atoms with Crippen LogP contribution in [0, 0.1) is 5.41 Å². The van der Waals surface area contributed by atoms with Crippen LogP contribution in [0.5, 0.6) is 0 Å². The third kappa shape index (κ3) is 5.88. The molecule has 0 aromatic carbocycles. The van der Waals surface area contributed by atoms with Gasteiger partial charge in [-0.15, -0.1) is 0 Å². The highest BCUT2D eigenvalue weighted by Crippen LogP contribution is 2.40. The first kappa shape index (κ1) is 20.1. The number of rotatable bonds is 8. The van der Waals surface area contributed by atoms with Gasteiger partial charge >= 0.3 is 5.97 Å². The zero-order valence-electron chi connectivity index (χ0n) is 15.3. The summed E-state index contributed by atoms with van der Waals surface area (Å²) >= 11 is 0. The average molecular weight is 328 g/mol. The van der Waals surface area contributed by atoms with Crippen LogP contribution >= 0.6 is 0 Å². The number of Topliss-reactive ketones (excluding diaryl/α,β-unsaturated/α-hetero) is 1. The highest BCUT2D eigenvalue weighted by Gasteiger charge is 2.48. The maximum Gasteiger partial charge on any atom is 0.320 e. The molecule has 134 valence electrons. The molecule has 0 aromatic rings. The van der Waals surface area contributed by atoms with Crippen molar-refractivity contribution in [3.05, 3.63) is 0 Å². The fourth-order valence-electron chi connectivity index (χ4n) is 3.00. The monoisotopic (exact) mass is 328 g/mol. The third-order valence-corrected chi connectivity index (χ3v) is 4.09. The van der Waals surface area contributed by atoms with Gasteiger partial charge in [-0.25, -0.2) is 0 Å². The van der Waals surface area contributed by atoms with Crippen molar-refractivity contribution in [3.8, 4) is 0 Å². The van der Waals surface area contributed by atoms with E-state index >= 15 is 0 Å². The van der Waals surface area contributed by atoms with Gasteiger partial charge in [-0.2, -0.15) is 0 Å². The van der Waals surface area contributed by atoms with Crippen LogP contribution in [0.15, 0.2) is 0 Å². The molecule has 0 aromatic heterocycles. The van der Waals surface area contributed by atoms with E-state index in [9.17, 15) is 9.59 Å². The van der Waals surface area contributed by atoms with Gasteiger partial charge in [0.05, 0.1) is 0 Å². The lowest BCUT2D eigenvalue weighted by Gasteiger charge is -2.36. The van der Waals surface area contributed by atoms with Crippen molar-refractivity contribution in [2.75, 3.05) is 13.2 Å². The maximum atomic E-state index is 12.7. The van der Waals surface area contributed by atoms with Crippen molar-refractivity contribution in [3.63, 3.8) is 0 Å². The van der Waals surface area contributed by atoms with Gasteiger partial charge in [0.2, 0.25) is 0 Å². The number of ketones is 1. The Bertz CT molecular complexity index is 393. The van der Waals surface area contributed by atoms with Crippen LogP contribution in [0.25, 0.3) is 0 Å². The lowest BCUT2D eigenvalue weighted by atomic mass is 9.70. The van der Waals surface area contributed by atoms with Crippen molar-refractivity contribution in [1.82, 2.24) is 0 Å². The molecule has 1 aliphatic rings. The number of carbonyl (C=O) groups excluding carboxylic acids is 2. The Hall–Kier alpha value is -0.940. The van der Waals surface area contributed by atoms with E-state index in [0.717, 1.165) is 12.8 Å². The molecule has 1 aliphatic carbocycles. The summed E-state index contributed by atoms with van der Waals surface area (Å²) in [6.07, 6.45) is 3.30. The summed E-state index contributed by atoms with van der Waals surface area (Å²) in [7, 11) is 0. The van der Waals surface area contributed by atoms with Gasteiger partial charge in [0.1, 0.15) is 16.8 Å². The lowest BCUT2D eigenvalue weighted by molar-refractivity contribution is -0.176. The summed E-state index contributed by atoms with van der Waals surface area (Å²) < 4.78 is 16.7. The lowest BCUT2D eigenvalue weighted by Crippen LogP contribution is -2.46. The van der Waals surface area contributed by atoms with Crippen LogP contribution in [0.3, 0.4) is 0 Å². The second-order valence-corrected chi connectivity index (χ2v) is 7.09. The van der Waals surface area contributed by atoms with Crippen molar-refractivity contribution < 1.29 is 23.8 Å². The van der Waals surface area contributed by atoms with Crippen molar-refractivity contribution in [1.29, 1.82) is 0 Å². The van der Waals surface area contributed by atoms with Crippen molar-refractivity contribution in [2.24, 2.45) is 5.41 Å². The summed E-state index contributed by atoms with van der Waals surface area (Å²) in [4.78, 5) is 25.3. The van der Waals surface area contributed by atoms with E-state index in [0.29, 0.717) is 38.9 Å². The van der Waals surface area contributed by atoms with Gasteiger partial charge in [-0.1, -0.05) is 6.42 Å². The van der Waals surface area contributed by atoms with E-state index in [1.54, 1.807) is 0 Å². The molecule has 1 fully saturated rings. The van der Waals surface area contributed by atoms with Crippen LogP contribution in [-0.4, -0.2) is 36.9 Å². The van der Waals surface area contributed by atoms with Gasteiger partial charge in [0, 0.05) is 19.6 Å². The first-order valence-corrected chi connectivity index (χ1v) is 8.75. The van der Waals surface area contributed by atoms with Gasteiger partial charge < -0.3 is 14.2 Å². The molecule has 5 nitrogen and oxygen atoms in total. The smallest absolute Gasteiger partial charge is 0.320 e. The second kappa shape index (κ2) is 8.78. The fraction of sp³-hybridized carbons (Fsp3) is 0.889. The highest BCUT2D eigenvalue weighted by atomic mass is 16.7. The maximum absolute atomic E-state index is 12.7. The third-order valence-electron chi connectivity index (χ3n) is 4.09. The molecule has 1 saturated carbocycles. The van der Waals surface area contributed by atoms with E-state index in [4.69, 9.17) is 14.2 Å². The Balaban J connectivity index is 2.87. The summed E-state index contributed by atoms with van der Waals surface area (Å²) in [6, 6.07) is 0. The molecule has 0 heterocycles. The Morgan fingerprint density at radius 3 is 2.26 bits per heavy atom. The molecule has 1 unspecified atom stereocenters. The standard InChI is InChI=1S/C18H32O5/c1-6-21-15(22-7-2)11-13-18(12-9-8-10-14(18)19)16(20)23-17(3,4)5/h15H,6-13H2,1-5H3. The summed E-state index contributed by atoms with van der Waals surface area (Å²) in [5.74, 6) is -0.383. The van der Waals surface area contributed by atoms with E-state index in [-0.39, 0.29) is 18.0 Å². The Morgan fingerprint density at radius 1 is 1.17 bits per heavy atom. The number of carbonyl (C=O) groups is 2. The van der Waals surface area contributed by atoms with Crippen molar-refractivity contribution >= 4 is 11.8 Å². The minimum Gasteiger partial charge on any atom is -0.459 e. The normalized spacial score (nSPS) is 22.4. The molecule has 23 heavy (non-hydrogen) atoms. The molecule has 0 amide bonds. The summed E-state index contributed by atoms with van der Waals surface area (Å²) in [6.45, 7) is 10.4. The van der Waals surface area contributed by atoms with Crippen LogP contribution in [-0.2, 0) is 23.8 Å². The number of ether oxygens (including phenoxy) is 3. The summed E-state index contributed by atoms with van der Waals surface area (Å²) in [5.41, 5.74) is -1.63. The van der Waals surface area contributed by atoms with E-state index in [1.165, 1.54) is 0 Å². The van der Waals surface area contributed by atoms with E-state index in [1.807, 2.05) is 34.6 Å². The quantitative estimate of drug-likeness (QED) is 0.387. The van der Waals surface area contributed by atoms with Crippen LogP contribution in [0.1, 0.15) is 73.1 Å². The predicted octanol–water partition coefficient (Wildman–Crippen LogP) is 3.64. The highest BCUT2D eigenvalue weighted by molar-refractivity contribution is 6.04. The fourth-order valence-corrected chi connectivity index (χ4v) is 3.00. The molecule has 0 spiro atoms. The van der Waals surface area contributed by atoms with Crippen LogP contribution in [0.2, 0.25) is 0 Å². The number of hydrogen-bond donors (Lipinski definition) is 0. The molecule has 0 N–H and O–H groups in total. The van der Waals surface area contributed by atoms with Crippen LogP contribution in [0.4, 0.5) is 0 Å². The first-order chi connectivity index (χ1) is 10.7. The van der Waals surface area contributed by atoms with E-state index < -0.39 is 11.0 Å². The van der Waals surface area contributed by atoms with Gasteiger partial charge in [0.25, 0.3) is 0 Å². The average Bonchev–Trinajstić information content (AvgIpc) is 2.45. The topological polar surface area (TPSA) is 61.8 Å². The first-order valence-electron chi connectivity index (χ1n) is 8.75. The minimum atomic E-state index is -1.03. The summed E-state index contributed by atoms with van der Waals surface area (Å²) in [5, 5.41) is 0. The predicted molar refractivity (Wildman–Crippen MR) is 88.0 cm³/mol. The molecular weight excluding hydrogens is 296 g/mol. The van der Waals surface area contributed by atoms with Crippen LogP contribution < -0.4 is 0 Å². The molecular formula is C18H32O5. The Labute approximate surface area is 140 Å². The molecule has 0 radical (unpaired) electrons.